The lowest BCUT2D eigenvalue weighted by molar-refractivity contribution is -0.271. The molecule has 0 aliphatic rings. The molecule has 0 aliphatic carbocycles. The molecule has 0 aliphatic heterocycles. The Hall–Kier alpha value is -2.55. The van der Waals surface area contributed by atoms with Gasteiger partial charge in [-0.25, -0.2) is 4.98 Å². The van der Waals surface area contributed by atoms with Crippen LogP contribution in [0.3, 0.4) is 0 Å². The molecule has 2 aromatic rings. The van der Waals surface area contributed by atoms with Crippen LogP contribution >= 0.6 is 0 Å². The van der Waals surface area contributed by atoms with Crippen molar-refractivity contribution in [1.82, 2.24) is 14.9 Å². The lowest BCUT2D eigenvalue weighted by Crippen LogP contribution is -2.48. The van der Waals surface area contributed by atoms with Crippen LogP contribution in [-0.2, 0) is 17.4 Å². The van der Waals surface area contributed by atoms with E-state index in [1.165, 1.54) is 13.2 Å². The molecule has 1 heterocycles. The van der Waals surface area contributed by atoms with Crippen molar-refractivity contribution in [2.75, 3.05) is 25.0 Å². The number of carbonyl (C=O) groups excluding carboxylic acids is 1. The lowest BCUT2D eigenvalue weighted by Gasteiger charge is -2.29. The highest BCUT2D eigenvalue weighted by Crippen LogP contribution is 2.40. The molecule has 0 bridgehead atoms. The van der Waals surface area contributed by atoms with E-state index in [-0.39, 0.29) is 6.54 Å². The maximum Gasteiger partial charge on any atom is 0.425 e. The number of carbonyl (C=O) groups is 1. The number of aromatic nitrogens is 2. The van der Waals surface area contributed by atoms with Crippen LogP contribution in [0.4, 0.5) is 18.9 Å². The van der Waals surface area contributed by atoms with Crippen molar-refractivity contribution >= 4 is 11.6 Å². The summed E-state index contributed by atoms with van der Waals surface area (Å²) in [6.45, 7) is 0.817. The predicted octanol–water partition coefficient (Wildman–Crippen LogP) is 2.20. The summed E-state index contributed by atoms with van der Waals surface area (Å²) in [5, 5.41) is 12.6. The molecule has 9 heteroatoms. The third-order valence-corrected chi connectivity index (χ3v) is 4.27. The highest BCUT2D eigenvalue weighted by molar-refractivity contribution is 5.77. The van der Waals surface area contributed by atoms with Crippen molar-refractivity contribution < 1.29 is 23.1 Å². The number of anilines is 1. The minimum Gasteiger partial charge on any atom is -0.375 e. The van der Waals surface area contributed by atoms with Crippen LogP contribution in [0.2, 0.25) is 0 Å². The maximum atomic E-state index is 13.4. The zero-order chi connectivity index (χ0) is 20.1. The smallest absolute Gasteiger partial charge is 0.375 e. The minimum absolute atomic E-state index is 0.199. The second-order valence-electron chi connectivity index (χ2n) is 6.36. The van der Waals surface area contributed by atoms with Crippen LogP contribution in [0.5, 0.6) is 0 Å². The summed E-state index contributed by atoms with van der Waals surface area (Å²) in [7, 11) is 3.22. The number of aryl methyl sites for hydroxylation is 1. The first-order chi connectivity index (χ1) is 12.6. The lowest BCUT2D eigenvalue weighted by atomic mass is 9.97. The van der Waals surface area contributed by atoms with E-state index in [1.807, 2.05) is 42.3 Å². The van der Waals surface area contributed by atoms with Crippen LogP contribution in [-0.4, -0.2) is 46.9 Å². The number of alkyl halides is 3. The van der Waals surface area contributed by atoms with Gasteiger partial charge < -0.3 is 19.9 Å². The molecule has 148 valence electrons. The summed E-state index contributed by atoms with van der Waals surface area (Å²) in [4.78, 5) is 17.5. The van der Waals surface area contributed by atoms with Crippen LogP contribution in [0.1, 0.15) is 18.7 Å². The van der Waals surface area contributed by atoms with Crippen molar-refractivity contribution in [1.29, 1.82) is 0 Å². The molecule has 2 N–H and O–H groups in total. The topological polar surface area (TPSA) is 70.4 Å². The number of rotatable bonds is 8. The van der Waals surface area contributed by atoms with Gasteiger partial charge in [-0.05, 0) is 18.6 Å². The Balaban J connectivity index is 1.89. The molecule has 27 heavy (non-hydrogen) atoms. The highest BCUT2D eigenvalue weighted by Gasteiger charge is 2.58. The summed E-state index contributed by atoms with van der Waals surface area (Å²) in [6.07, 6.45) is -3.20. The van der Waals surface area contributed by atoms with Gasteiger partial charge in [-0.15, -0.1) is 0 Å². The summed E-state index contributed by atoms with van der Waals surface area (Å²) in [5.74, 6) is -1.51. The molecule has 0 fully saturated rings. The van der Waals surface area contributed by atoms with E-state index in [1.54, 1.807) is 0 Å². The summed E-state index contributed by atoms with van der Waals surface area (Å²) < 4.78 is 41.3. The Morgan fingerprint density at radius 1 is 1.30 bits per heavy atom. The molecule has 1 unspecified atom stereocenters. The minimum atomic E-state index is -5.03. The van der Waals surface area contributed by atoms with E-state index >= 15 is 0 Å². The van der Waals surface area contributed by atoms with Crippen LogP contribution < -0.4 is 10.2 Å². The number of aliphatic hydroxyl groups is 1. The van der Waals surface area contributed by atoms with E-state index in [2.05, 4.69) is 10.3 Å². The monoisotopic (exact) mass is 384 g/mol. The van der Waals surface area contributed by atoms with Crippen molar-refractivity contribution in [2.45, 2.75) is 24.6 Å². The first-order valence-electron chi connectivity index (χ1n) is 8.45. The number of hydrogen-bond donors (Lipinski definition) is 2. The van der Waals surface area contributed by atoms with Gasteiger partial charge >= 0.3 is 6.18 Å². The standard InChI is InChI=1S/C18H23F3N4O2/c1-24(14-7-4-3-5-8-14)11-6-9-22-15(26)13-17(27,18(19,20)21)16-23-10-12-25(16)2/h3-5,7-8,10,12,27H,6,9,11,13H2,1-2H3,(H,22,26). The van der Waals surface area contributed by atoms with Crippen LogP contribution in [0, 0.1) is 0 Å². The van der Waals surface area contributed by atoms with Crippen molar-refractivity contribution in [3.63, 3.8) is 0 Å². The van der Waals surface area contributed by atoms with Gasteiger partial charge in [0.2, 0.25) is 11.5 Å². The van der Waals surface area contributed by atoms with Crippen LogP contribution in [0.25, 0.3) is 0 Å². The average molecular weight is 384 g/mol. The Morgan fingerprint density at radius 3 is 2.52 bits per heavy atom. The summed E-state index contributed by atoms with van der Waals surface area (Å²) in [6, 6.07) is 9.59. The third kappa shape index (κ3) is 5.00. The first-order valence-corrected chi connectivity index (χ1v) is 8.45. The fourth-order valence-electron chi connectivity index (χ4n) is 2.72. The first kappa shape index (κ1) is 20.8. The Morgan fingerprint density at radius 2 is 1.96 bits per heavy atom. The number of para-hydroxylation sites is 1. The average Bonchev–Trinajstić information content (AvgIpc) is 3.04. The van der Waals surface area contributed by atoms with Gasteiger partial charge in [0.05, 0.1) is 6.42 Å². The molecule has 1 atom stereocenters. The second kappa shape index (κ2) is 8.43. The molecule has 1 aromatic carbocycles. The molecular formula is C18H23F3N4O2. The fourth-order valence-corrected chi connectivity index (χ4v) is 2.72. The molecule has 0 saturated carbocycles. The zero-order valence-corrected chi connectivity index (χ0v) is 15.2. The van der Waals surface area contributed by atoms with Crippen molar-refractivity contribution in [2.24, 2.45) is 7.05 Å². The van der Waals surface area contributed by atoms with Gasteiger partial charge in [-0.1, -0.05) is 18.2 Å². The van der Waals surface area contributed by atoms with Gasteiger partial charge in [-0.2, -0.15) is 13.2 Å². The maximum absolute atomic E-state index is 13.4. The Kier molecular flexibility index (Phi) is 6.48. The Bertz CT molecular complexity index is 749. The van der Waals surface area contributed by atoms with Gasteiger partial charge in [0.15, 0.2) is 5.82 Å². The molecule has 6 nitrogen and oxygen atoms in total. The van der Waals surface area contributed by atoms with E-state index in [0.717, 1.165) is 16.5 Å². The predicted molar refractivity (Wildman–Crippen MR) is 95.1 cm³/mol. The molecule has 0 spiro atoms. The molecule has 2 rings (SSSR count). The largest absolute Gasteiger partial charge is 0.425 e. The number of imidazole rings is 1. The van der Waals surface area contributed by atoms with E-state index in [9.17, 15) is 23.1 Å². The number of nitrogens with zero attached hydrogens (tertiary/aromatic N) is 3. The molecule has 0 saturated heterocycles. The van der Waals surface area contributed by atoms with Crippen LogP contribution in [0.15, 0.2) is 42.7 Å². The van der Waals surface area contributed by atoms with E-state index in [4.69, 9.17) is 0 Å². The van der Waals surface area contributed by atoms with Gasteiger partial charge in [0, 0.05) is 45.3 Å². The van der Waals surface area contributed by atoms with Gasteiger partial charge in [-0.3, -0.25) is 4.79 Å². The quantitative estimate of drug-likeness (QED) is 0.685. The van der Waals surface area contributed by atoms with Gasteiger partial charge in [0.25, 0.3) is 0 Å². The molecule has 1 aromatic heterocycles. The molecular weight excluding hydrogens is 361 g/mol. The summed E-state index contributed by atoms with van der Waals surface area (Å²) >= 11 is 0. The van der Waals surface area contributed by atoms with Gasteiger partial charge in [0.1, 0.15) is 0 Å². The highest BCUT2D eigenvalue weighted by atomic mass is 19.4. The molecule has 0 radical (unpaired) electrons. The zero-order valence-electron chi connectivity index (χ0n) is 15.2. The summed E-state index contributed by atoms with van der Waals surface area (Å²) in [5.41, 5.74) is -2.33. The van der Waals surface area contributed by atoms with Crippen molar-refractivity contribution in [3.05, 3.63) is 48.5 Å². The SMILES string of the molecule is CN(CCCNC(=O)CC(O)(c1nccn1C)C(F)(F)F)c1ccccc1. The Labute approximate surface area is 155 Å². The van der Waals surface area contributed by atoms with E-state index in [0.29, 0.717) is 13.0 Å². The number of benzene rings is 1. The van der Waals surface area contributed by atoms with Crippen molar-refractivity contribution in [3.8, 4) is 0 Å². The number of halogens is 3. The third-order valence-electron chi connectivity index (χ3n) is 4.27. The van der Waals surface area contributed by atoms with E-state index < -0.39 is 29.9 Å². The number of nitrogens with one attached hydrogen (secondary N) is 1. The molecule has 1 amide bonds. The number of amides is 1. The normalized spacial score (nSPS) is 13.9. The fraction of sp³-hybridized carbons (Fsp3) is 0.444. The second-order valence-corrected chi connectivity index (χ2v) is 6.36. The number of hydrogen-bond acceptors (Lipinski definition) is 4.